The highest BCUT2D eigenvalue weighted by molar-refractivity contribution is 5.76. The van der Waals surface area contributed by atoms with Crippen LogP contribution in [0.25, 0.3) is 0 Å². The average molecular weight is 1260 g/mol. The van der Waals surface area contributed by atoms with Crippen LogP contribution in [0.3, 0.4) is 0 Å². The molecular formula is C75H141NO13. The Bertz CT molecular complexity index is 1630. The van der Waals surface area contributed by atoms with Crippen molar-refractivity contribution in [3.05, 3.63) is 36.5 Å². The smallest absolute Gasteiger partial charge is 0.220 e. The van der Waals surface area contributed by atoms with Gasteiger partial charge in [-0.3, -0.25) is 4.79 Å². The fourth-order valence-corrected chi connectivity index (χ4v) is 12.6. The molecule has 0 aromatic rings. The van der Waals surface area contributed by atoms with Gasteiger partial charge in [-0.2, -0.15) is 0 Å². The second kappa shape index (κ2) is 59.9. The zero-order valence-electron chi connectivity index (χ0n) is 57.2. The third-order valence-corrected chi connectivity index (χ3v) is 18.6. The summed E-state index contributed by atoms with van der Waals surface area (Å²) in [6, 6.07) is -0.937. The number of aliphatic hydroxyl groups is 8. The average Bonchev–Trinajstić information content (AvgIpc) is 1.63. The number of aliphatic hydroxyl groups excluding tert-OH is 8. The van der Waals surface area contributed by atoms with Crippen molar-refractivity contribution in [1.82, 2.24) is 5.32 Å². The minimum Gasteiger partial charge on any atom is -0.394 e. The van der Waals surface area contributed by atoms with Crippen LogP contribution in [0, 0.1) is 0 Å². The van der Waals surface area contributed by atoms with E-state index in [9.17, 15) is 45.6 Å². The maximum atomic E-state index is 13.3. The predicted octanol–water partition coefficient (Wildman–Crippen LogP) is 16.1. The van der Waals surface area contributed by atoms with Crippen molar-refractivity contribution in [2.24, 2.45) is 0 Å². The molecule has 89 heavy (non-hydrogen) atoms. The van der Waals surface area contributed by atoms with Crippen LogP contribution in [-0.2, 0) is 23.7 Å². The van der Waals surface area contributed by atoms with Gasteiger partial charge in [-0.15, -0.1) is 0 Å². The van der Waals surface area contributed by atoms with Crippen LogP contribution in [0.2, 0.25) is 0 Å². The van der Waals surface area contributed by atoms with E-state index in [-0.39, 0.29) is 18.9 Å². The van der Waals surface area contributed by atoms with Crippen LogP contribution in [0.15, 0.2) is 36.5 Å². The summed E-state index contributed by atoms with van der Waals surface area (Å²) in [6.45, 7) is 2.83. The summed E-state index contributed by atoms with van der Waals surface area (Å²) >= 11 is 0. The third kappa shape index (κ3) is 43.7. The monoisotopic (exact) mass is 1260 g/mol. The first-order valence-electron chi connectivity index (χ1n) is 37.7. The second-order valence-corrected chi connectivity index (χ2v) is 26.8. The van der Waals surface area contributed by atoms with Gasteiger partial charge in [0.05, 0.1) is 32.0 Å². The Balaban J connectivity index is 1.66. The van der Waals surface area contributed by atoms with Gasteiger partial charge in [0.2, 0.25) is 5.91 Å². The number of carbonyl (C=O) groups excluding carboxylic acids is 1. The molecular weight excluding hydrogens is 1120 g/mol. The van der Waals surface area contributed by atoms with E-state index in [2.05, 4.69) is 43.5 Å². The highest BCUT2D eigenvalue weighted by Gasteiger charge is 2.51. The van der Waals surface area contributed by atoms with Crippen molar-refractivity contribution >= 4 is 5.91 Å². The Morgan fingerprint density at radius 3 is 1.10 bits per heavy atom. The highest BCUT2D eigenvalue weighted by atomic mass is 16.7. The molecule has 14 heteroatoms. The molecule has 2 aliphatic heterocycles. The van der Waals surface area contributed by atoms with Gasteiger partial charge < -0.3 is 65.1 Å². The van der Waals surface area contributed by atoms with Gasteiger partial charge in [0.1, 0.15) is 48.8 Å². The number of allylic oxidation sites excluding steroid dienone is 5. The lowest BCUT2D eigenvalue weighted by atomic mass is 9.97. The molecule has 0 aromatic heterocycles. The van der Waals surface area contributed by atoms with Crippen LogP contribution < -0.4 is 5.32 Å². The summed E-state index contributed by atoms with van der Waals surface area (Å²) < 4.78 is 22.9. The first-order valence-corrected chi connectivity index (χ1v) is 37.7. The van der Waals surface area contributed by atoms with Gasteiger partial charge in [0.25, 0.3) is 0 Å². The minimum absolute atomic E-state index is 0.247. The first-order chi connectivity index (χ1) is 43.6. The Morgan fingerprint density at radius 2 is 0.719 bits per heavy atom. The summed E-state index contributed by atoms with van der Waals surface area (Å²) in [7, 11) is 0. The number of ether oxygens (including phenoxy) is 4. The zero-order valence-corrected chi connectivity index (χ0v) is 57.2. The molecule has 524 valence electrons. The van der Waals surface area contributed by atoms with Gasteiger partial charge in [-0.25, -0.2) is 0 Å². The minimum atomic E-state index is -1.79. The number of rotatable bonds is 63. The topological polar surface area (TPSA) is 228 Å². The number of unbranched alkanes of at least 4 members (excludes halogenated alkanes) is 46. The standard InChI is InChI=1S/C75H141NO13/c1-3-5-7-9-11-13-15-17-19-21-23-25-27-28-29-30-31-32-33-34-35-36-37-38-40-42-44-46-48-50-52-54-56-58-64(79)63(62-86-74-72(85)70(83)73(66(61-78)88-74)89-75-71(84)69(82)68(81)65(60-77)87-75)76-67(80)59-57-55-53-51-49-47-45-43-41-39-26-24-22-20-18-16-14-12-10-8-6-4-2/h40,42,48,50,56,58,63-66,68-75,77-79,81-85H,3-39,41,43-47,49,51-55,57,59-62H2,1-2H3,(H,76,80)/b42-40+,50-48+,58-56+. The number of hydrogen-bond donors (Lipinski definition) is 9. The van der Waals surface area contributed by atoms with E-state index in [1.54, 1.807) is 6.08 Å². The molecule has 0 aromatic carbocycles. The third-order valence-electron chi connectivity index (χ3n) is 18.6. The fraction of sp³-hybridized carbons (Fsp3) is 0.907. The molecule has 0 radical (unpaired) electrons. The molecule has 1 amide bonds. The van der Waals surface area contributed by atoms with E-state index in [0.717, 1.165) is 44.9 Å². The summed E-state index contributed by atoms with van der Waals surface area (Å²) in [4.78, 5) is 13.3. The predicted molar refractivity (Wildman–Crippen MR) is 365 cm³/mol. The van der Waals surface area contributed by atoms with E-state index in [4.69, 9.17) is 18.9 Å². The molecule has 2 heterocycles. The normalized spacial score (nSPS) is 23.2. The molecule has 2 rings (SSSR count). The molecule has 2 aliphatic rings. The van der Waals surface area contributed by atoms with E-state index >= 15 is 0 Å². The van der Waals surface area contributed by atoms with Crippen molar-refractivity contribution in [2.45, 2.75) is 415 Å². The van der Waals surface area contributed by atoms with E-state index < -0.39 is 86.8 Å². The van der Waals surface area contributed by atoms with E-state index in [1.807, 2.05) is 6.08 Å². The SMILES string of the molecule is CCCCCCCCCCCCCCCCCCCCCCCCC/C=C/CC/C=C/CC/C=C/C(O)C(COC1OC(CO)C(OC2OC(CO)C(O)C(O)C2O)C(O)C1O)NC(=O)CCCCCCCCCCCCCCCCCCCCCCCC. The van der Waals surface area contributed by atoms with Crippen molar-refractivity contribution in [3.8, 4) is 0 Å². The molecule has 0 spiro atoms. The lowest BCUT2D eigenvalue weighted by Crippen LogP contribution is -2.65. The Kier molecular flexibility index (Phi) is 56.1. The van der Waals surface area contributed by atoms with Crippen molar-refractivity contribution in [1.29, 1.82) is 0 Å². The molecule has 12 atom stereocenters. The summed E-state index contributed by atoms with van der Waals surface area (Å²) in [5, 5.41) is 87.5. The lowest BCUT2D eigenvalue weighted by Gasteiger charge is -2.46. The van der Waals surface area contributed by atoms with Crippen molar-refractivity contribution in [3.63, 3.8) is 0 Å². The molecule has 9 N–H and O–H groups in total. The van der Waals surface area contributed by atoms with E-state index in [0.29, 0.717) is 12.8 Å². The maximum Gasteiger partial charge on any atom is 0.220 e. The second-order valence-electron chi connectivity index (χ2n) is 26.8. The van der Waals surface area contributed by atoms with Crippen LogP contribution in [0.5, 0.6) is 0 Å². The van der Waals surface area contributed by atoms with Gasteiger partial charge in [-0.05, 0) is 44.9 Å². The number of amides is 1. The van der Waals surface area contributed by atoms with Crippen LogP contribution in [0.1, 0.15) is 341 Å². The van der Waals surface area contributed by atoms with Gasteiger partial charge in [0, 0.05) is 6.42 Å². The highest BCUT2D eigenvalue weighted by Crippen LogP contribution is 2.30. The molecule has 0 bridgehead atoms. The Hall–Kier alpha value is -1.79. The Morgan fingerprint density at radius 1 is 0.393 bits per heavy atom. The summed E-state index contributed by atoms with van der Waals surface area (Å²) in [5.41, 5.74) is 0. The van der Waals surface area contributed by atoms with Crippen molar-refractivity contribution < 1.29 is 64.6 Å². The largest absolute Gasteiger partial charge is 0.394 e. The summed E-state index contributed by atoms with van der Waals surface area (Å²) in [6.07, 6.45) is 60.8. The number of hydrogen-bond acceptors (Lipinski definition) is 13. The maximum absolute atomic E-state index is 13.3. The quantitative estimate of drug-likeness (QED) is 0.0204. The lowest BCUT2D eigenvalue weighted by molar-refractivity contribution is -0.359. The molecule has 0 saturated carbocycles. The molecule has 0 aliphatic carbocycles. The van der Waals surface area contributed by atoms with Crippen LogP contribution in [0.4, 0.5) is 0 Å². The van der Waals surface area contributed by atoms with Crippen LogP contribution >= 0.6 is 0 Å². The van der Waals surface area contributed by atoms with Gasteiger partial charge >= 0.3 is 0 Å². The Labute approximate surface area is 544 Å². The fourth-order valence-electron chi connectivity index (χ4n) is 12.6. The number of nitrogens with one attached hydrogen (secondary N) is 1. The van der Waals surface area contributed by atoms with Crippen molar-refractivity contribution in [2.75, 3.05) is 19.8 Å². The van der Waals surface area contributed by atoms with Crippen LogP contribution in [-0.4, -0.2) is 140 Å². The first kappa shape index (κ1) is 83.3. The summed E-state index contributed by atoms with van der Waals surface area (Å²) in [5.74, 6) is -0.247. The van der Waals surface area contributed by atoms with Gasteiger partial charge in [-0.1, -0.05) is 326 Å². The molecule has 14 nitrogen and oxygen atoms in total. The van der Waals surface area contributed by atoms with E-state index in [1.165, 1.54) is 263 Å². The molecule has 12 unspecified atom stereocenters. The zero-order chi connectivity index (χ0) is 64.5. The number of carbonyl (C=O) groups is 1. The van der Waals surface area contributed by atoms with Gasteiger partial charge in [0.15, 0.2) is 12.6 Å². The molecule has 2 fully saturated rings. The molecule has 2 saturated heterocycles.